The van der Waals surface area contributed by atoms with Crippen LogP contribution in [0.4, 0.5) is 17.1 Å². The van der Waals surface area contributed by atoms with E-state index in [2.05, 4.69) is 21.6 Å². The minimum atomic E-state index is -1.01. The summed E-state index contributed by atoms with van der Waals surface area (Å²) < 4.78 is 0. The van der Waals surface area contributed by atoms with Crippen LogP contribution in [0.25, 0.3) is 5.57 Å². The Kier molecular flexibility index (Phi) is 9.30. The molecule has 3 aromatic rings. The highest BCUT2D eigenvalue weighted by atomic mass is 16.3. The number of hydrogen-bond donors (Lipinski definition) is 4. The molecule has 1 atom stereocenters. The molecule has 1 saturated carbocycles. The van der Waals surface area contributed by atoms with Crippen molar-refractivity contribution < 1.29 is 24.3 Å². The molecule has 0 aromatic heterocycles. The van der Waals surface area contributed by atoms with Crippen molar-refractivity contribution in [1.82, 2.24) is 10.2 Å². The molecule has 2 heterocycles. The molecule has 3 aliphatic rings. The van der Waals surface area contributed by atoms with Gasteiger partial charge in [-0.05, 0) is 106 Å². The highest BCUT2D eigenvalue weighted by Gasteiger charge is 2.45. The fourth-order valence-electron chi connectivity index (χ4n) is 6.90. The number of benzene rings is 3. The van der Waals surface area contributed by atoms with Gasteiger partial charge in [0.15, 0.2) is 0 Å². The van der Waals surface area contributed by atoms with Crippen molar-refractivity contribution in [3.05, 3.63) is 94.2 Å². The summed E-state index contributed by atoms with van der Waals surface area (Å²) in [6.07, 6.45) is 3.47. The fraction of sp³-hybridized carbons (Fsp3) is 0.333. The van der Waals surface area contributed by atoms with Gasteiger partial charge in [-0.15, -0.1) is 0 Å². The smallest absolute Gasteiger partial charge is 0.262 e. The second-order valence-corrected chi connectivity index (χ2v) is 13.3. The molecule has 256 valence electrons. The van der Waals surface area contributed by atoms with E-state index in [1.54, 1.807) is 32.0 Å². The Bertz CT molecular complexity index is 1980. The molecular formula is C39H40N6O5. The van der Waals surface area contributed by atoms with Crippen LogP contribution in [0.15, 0.2) is 66.4 Å². The van der Waals surface area contributed by atoms with Crippen molar-refractivity contribution in [1.29, 1.82) is 10.7 Å². The highest BCUT2D eigenvalue weighted by Crippen LogP contribution is 2.48. The van der Waals surface area contributed by atoms with E-state index in [1.807, 2.05) is 49.4 Å². The van der Waals surface area contributed by atoms with Crippen LogP contribution in [0.5, 0.6) is 0 Å². The number of aryl methyl sites for hydroxylation is 1. The van der Waals surface area contributed by atoms with Gasteiger partial charge in [0.25, 0.3) is 11.8 Å². The number of amides is 4. The van der Waals surface area contributed by atoms with Gasteiger partial charge in [-0.2, -0.15) is 5.26 Å². The third-order valence-corrected chi connectivity index (χ3v) is 9.80. The normalized spacial score (nSPS) is 18.2. The van der Waals surface area contributed by atoms with Crippen molar-refractivity contribution in [3.8, 4) is 6.07 Å². The van der Waals surface area contributed by atoms with Crippen molar-refractivity contribution in [2.75, 3.05) is 23.3 Å². The van der Waals surface area contributed by atoms with Crippen molar-refractivity contribution in [2.45, 2.75) is 70.8 Å². The topological polar surface area (TPSA) is 167 Å². The predicted molar refractivity (Wildman–Crippen MR) is 191 cm³/mol. The molecule has 1 unspecified atom stereocenters. The number of fused-ring (bicyclic) bond motifs is 1. The van der Waals surface area contributed by atoms with E-state index in [1.165, 1.54) is 0 Å². The molecule has 11 nitrogen and oxygen atoms in total. The zero-order chi connectivity index (χ0) is 35.7. The number of anilines is 3. The van der Waals surface area contributed by atoms with Gasteiger partial charge in [-0.3, -0.25) is 29.4 Å². The third kappa shape index (κ3) is 6.49. The molecule has 11 heteroatoms. The average molecular weight is 673 g/mol. The third-order valence-electron chi connectivity index (χ3n) is 9.80. The average Bonchev–Trinajstić information content (AvgIpc) is 3.85. The molecule has 0 bridgehead atoms. The van der Waals surface area contributed by atoms with Crippen LogP contribution in [0, 0.1) is 23.7 Å². The van der Waals surface area contributed by atoms with Gasteiger partial charge in [0.05, 0.1) is 28.4 Å². The summed E-state index contributed by atoms with van der Waals surface area (Å²) in [5.74, 6) is -2.05. The first kappa shape index (κ1) is 34.1. The summed E-state index contributed by atoms with van der Waals surface area (Å²) >= 11 is 0. The van der Waals surface area contributed by atoms with Gasteiger partial charge >= 0.3 is 0 Å². The number of aliphatic hydroxyl groups excluding tert-OH is 1. The number of carbonyl (C=O) groups is 4. The molecule has 4 N–H and O–H groups in total. The summed E-state index contributed by atoms with van der Waals surface area (Å²) in [6, 6.07) is 20.5. The largest absolute Gasteiger partial charge is 0.512 e. The fourth-order valence-corrected chi connectivity index (χ4v) is 6.90. The van der Waals surface area contributed by atoms with E-state index < -0.39 is 29.7 Å². The number of nitriles is 1. The zero-order valence-corrected chi connectivity index (χ0v) is 28.4. The molecule has 3 aromatic carbocycles. The molecule has 0 radical (unpaired) electrons. The lowest BCUT2D eigenvalue weighted by Crippen LogP contribution is -2.54. The molecule has 0 spiro atoms. The number of piperidine rings is 1. The number of hydrogen-bond acceptors (Lipinski definition) is 9. The number of unbranched alkanes of at least 4 members (excludes halogenated alkanes) is 1. The number of rotatable bonds is 12. The maximum Gasteiger partial charge on any atom is 0.262 e. The minimum absolute atomic E-state index is 0.0656. The minimum Gasteiger partial charge on any atom is -0.512 e. The number of imide groups is 2. The Morgan fingerprint density at radius 3 is 2.38 bits per heavy atom. The Labute approximate surface area is 291 Å². The monoisotopic (exact) mass is 672 g/mol. The lowest BCUT2D eigenvalue weighted by atomic mass is 9.96. The second-order valence-electron chi connectivity index (χ2n) is 13.3. The van der Waals surface area contributed by atoms with Crippen LogP contribution < -0.4 is 15.5 Å². The molecule has 2 fully saturated rings. The van der Waals surface area contributed by atoms with E-state index in [9.17, 15) is 29.5 Å². The predicted octanol–water partition coefficient (Wildman–Crippen LogP) is 6.31. The SMILES string of the molecule is CC(=N)/C(=C(/C)O)c1ccc(C)c(N(CCCCNc2ccc3c(c2)C(=O)N(C2CCC(=O)NC2=O)C3=O)c2ccc(C3(C#N)CC3)cc2)c1. The molecule has 2 aliphatic heterocycles. The maximum atomic E-state index is 13.2. The lowest BCUT2D eigenvalue weighted by Gasteiger charge is -2.28. The van der Waals surface area contributed by atoms with E-state index >= 15 is 0 Å². The van der Waals surface area contributed by atoms with Crippen LogP contribution in [0.1, 0.15) is 89.8 Å². The summed E-state index contributed by atoms with van der Waals surface area (Å²) in [7, 11) is 0. The van der Waals surface area contributed by atoms with Crippen molar-refractivity contribution in [2.24, 2.45) is 0 Å². The second kappa shape index (κ2) is 13.6. The quantitative estimate of drug-likeness (QED) is 0.0752. The van der Waals surface area contributed by atoms with Gasteiger partial charge in [-0.25, -0.2) is 0 Å². The van der Waals surface area contributed by atoms with Crippen LogP contribution in [-0.2, 0) is 15.0 Å². The maximum absolute atomic E-state index is 13.2. The van der Waals surface area contributed by atoms with Gasteiger partial charge in [0, 0.05) is 47.9 Å². The number of allylic oxidation sites excluding steroid dienone is 2. The van der Waals surface area contributed by atoms with Crippen LogP contribution >= 0.6 is 0 Å². The van der Waals surface area contributed by atoms with Gasteiger partial charge < -0.3 is 20.7 Å². The van der Waals surface area contributed by atoms with E-state index in [4.69, 9.17) is 5.41 Å². The Hall–Kier alpha value is -5.76. The van der Waals surface area contributed by atoms with E-state index in [0.717, 1.165) is 58.6 Å². The Morgan fingerprint density at radius 2 is 1.74 bits per heavy atom. The molecule has 1 aliphatic carbocycles. The van der Waals surface area contributed by atoms with Crippen molar-refractivity contribution in [3.63, 3.8) is 0 Å². The van der Waals surface area contributed by atoms with Gasteiger partial charge in [0.2, 0.25) is 11.8 Å². The van der Waals surface area contributed by atoms with Gasteiger partial charge in [-0.1, -0.05) is 24.3 Å². The Balaban J connectivity index is 1.16. The Morgan fingerprint density at radius 1 is 1.02 bits per heavy atom. The lowest BCUT2D eigenvalue weighted by molar-refractivity contribution is -0.136. The summed E-state index contributed by atoms with van der Waals surface area (Å²) in [4.78, 5) is 53.5. The first-order valence-electron chi connectivity index (χ1n) is 16.9. The van der Waals surface area contributed by atoms with Crippen LogP contribution in [0.3, 0.4) is 0 Å². The summed E-state index contributed by atoms with van der Waals surface area (Å²) in [5.41, 5.74) is 6.25. The summed E-state index contributed by atoms with van der Waals surface area (Å²) in [5, 5.41) is 33.9. The molecule has 50 heavy (non-hydrogen) atoms. The van der Waals surface area contributed by atoms with Crippen molar-refractivity contribution >= 4 is 52.0 Å². The standard InChI is InChI=1S/C39H40N6O5/c1-23-6-7-26(35(24(2)41)25(3)46)20-33(23)44(29-11-8-27(9-12-29)39(22-40)16-17-39)19-5-4-18-42-28-10-13-30-31(21-28)38(50)45(37(30)49)32-14-15-34(47)43-36(32)48/h6-13,20-21,32,41-42,46H,4-5,14-19H2,1-3H3,(H,43,47,48)/b35-25+,41-24?. The molecular weight excluding hydrogens is 632 g/mol. The summed E-state index contributed by atoms with van der Waals surface area (Å²) in [6.45, 7) is 6.53. The van der Waals surface area contributed by atoms with Crippen LogP contribution in [0.2, 0.25) is 0 Å². The number of nitrogens with zero attached hydrogens (tertiary/aromatic N) is 3. The van der Waals surface area contributed by atoms with Gasteiger partial charge in [0.1, 0.15) is 6.04 Å². The highest BCUT2D eigenvalue weighted by molar-refractivity contribution is 6.24. The zero-order valence-electron chi connectivity index (χ0n) is 28.4. The first-order valence-corrected chi connectivity index (χ1v) is 16.9. The van der Waals surface area contributed by atoms with E-state index in [-0.39, 0.29) is 40.9 Å². The number of carbonyl (C=O) groups excluding carboxylic acids is 4. The molecule has 4 amide bonds. The number of nitrogens with one attached hydrogen (secondary N) is 3. The molecule has 6 rings (SSSR count). The molecule has 1 saturated heterocycles. The van der Waals surface area contributed by atoms with E-state index in [0.29, 0.717) is 24.4 Å². The first-order chi connectivity index (χ1) is 23.9. The number of aliphatic hydroxyl groups is 1. The van der Waals surface area contributed by atoms with Crippen LogP contribution in [-0.4, -0.2) is 58.5 Å².